The highest BCUT2D eigenvalue weighted by Gasteiger charge is 2.21. The molecule has 3 rings (SSSR count). The minimum absolute atomic E-state index is 0.101. The number of nitrogens with zero attached hydrogens (tertiary/aromatic N) is 2. The average Bonchev–Trinajstić information content (AvgIpc) is 3.15. The summed E-state index contributed by atoms with van der Waals surface area (Å²) in [4.78, 5) is 8.02. The monoisotopic (exact) mass is 459 g/mol. The van der Waals surface area contributed by atoms with E-state index in [-0.39, 0.29) is 5.76 Å². The molecule has 1 aromatic heterocycles. The van der Waals surface area contributed by atoms with Crippen molar-refractivity contribution in [1.29, 1.82) is 0 Å². The molecule has 0 spiro atoms. The zero-order valence-corrected chi connectivity index (χ0v) is 19.4. The van der Waals surface area contributed by atoms with Gasteiger partial charge in [-0.1, -0.05) is 49.3 Å². The molecule has 7 heteroatoms. The average molecular weight is 460 g/mol. The molecule has 0 aliphatic rings. The Hall–Kier alpha value is -2.47. The van der Waals surface area contributed by atoms with Crippen molar-refractivity contribution in [3.05, 3.63) is 75.3 Å². The standard InChI is InChI=1S/C23H23Cl2N3OS/c1-6-20-22(16-8-9-18(24)21(25)13(16)3)27-23(30-20)28(5)19-10-7-15(26)11-17(19)12(2)14(4)29/h7-11,29H,2,4,6,26H2,1,3,5H3. The molecule has 3 N–H and O–H groups in total. The molecule has 0 radical (unpaired) electrons. The predicted molar refractivity (Wildman–Crippen MR) is 131 cm³/mol. The molecule has 0 atom stereocenters. The van der Waals surface area contributed by atoms with Crippen LogP contribution in [0.3, 0.4) is 0 Å². The van der Waals surface area contributed by atoms with Gasteiger partial charge in [-0.25, -0.2) is 4.98 Å². The first-order valence-electron chi connectivity index (χ1n) is 9.31. The van der Waals surface area contributed by atoms with Gasteiger partial charge in [0.1, 0.15) is 5.76 Å². The Morgan fingerprint density at radius 2 is 1.93 bits per heavy atom. The number of nitrogens with two attached hydrogens (primary N) is 1. The molecule has 4 nitrogen and oxygen atoms in total. The summed E-state index contributed by atoms with van der Waals surface area (Å²) < 4.78 is 0. The fourth-order valence-corrected chi connectivity index (χ4v) is 4.55. The quantitative estimate of drug-likeness (QED) is 0.228. The van der Waals surface area contributed by atoms with Crippen molar-refractivity contribution < 1.29 is 5.11 Å². The van der Waals surface area contributed by atoms with Gasteiger partial charge in [-0.2, -0.15) is 0 Å². The summed E-state index contributed by atoms with van der Waals surface area (Å²) in [5, 5.41) is 11.7. The van der Waals surface area contributed by atoms with Crippen molar-refractivity contribution in [2.24, 2.45) is 0 Å². The summed E-state index contributed by atoms with van der Waals surface area (Å²) >= 11 is 14.1. The van der Waals surface area contributed by atoms with Gasteiger partial charge in [0.2, 0.25) is 0 Å². The van der Waals surface area contributed by atoms with Gasteiger partial charge in [0.25, 0.3) is 0 Å². The molecule has 0 unspecified atom stereocenters. The van der Waals surface area contributed by atoms with E-state index in [0.717, 1.165) is 38.9 Å². The Balaban J connectivity index is 2.12. The van der Waals surface area contributed by atoms with Crippen LogP contribution >= 0.6 is 34.5 Å². The van der Waals surface area contributed by atoms with Crippen molar-refractivity contribution >= 4 is 56.6 Å². The molecule has 0 aliphatic heterocycles. The molecular formula is C23H23Cl2N3OS. The summed E-state index contributed by atoms with van der Waals surface area (Å²) in [6.07, 6.45) is 0.829. The summed E-state index contributed by atoms with van der Waals surface area (Å²) in [6, 6.07) is 9.21. The van der Waals surface area contributed by atoms with Crippen LogP contribution in [0.1, 0.15) is 22.9 Å². The number of benzene rings is 2. The van der Waals surface area contributed by atoms with Gasteiger partial charge in [0, 0.05) is 34.3 Å². The predicted octanol–water partition coefficient (Wildman–Crippen LogP) is 7.42. The van der Waals surface area contributed by atoms with Gasteiger partial charge in [0.15, 0.2) is 5.13 Å². The first-order chi connectivity index (χ1) is 14.1. The number of anilines is 3. The first kappa shape index (κ1) is 22.2. The van der Waals surface area contributed by atoms with Crippen LogP contribution < -0.4 is 10.6 Å². The molecular weight excluding hydrogens is 437 g/mol. The molecule has 0 amide bonds. The molecule has 0 saturated heterocycles. The number of thiazole rings is 1. The molecule has 1 heterocycles. The van der Waals surface area contributed by atoms with Crippen LogP contribution in [0.4, 0.5) is 16.5 Å². The molecule has 3 aromatic rings. The third-order valence-corrected chi connectivity index (χ3v) is 7.12. The molecule has 156 valence electrons. The lowest BCUT2D eigenvalue weighted by molar-refractivity contribution is 0.441. The highest BCUT2D eigenvalue weighted by molar-refractivity contribution is 7.16. The van der Waals surface area contributed by atoms with E-state index in [1.54, 1.807) is 29.5 Å². The minimum atomic E-state index is -0.101. The Bertz CT molecular complexity index is 1150. The van der Waals surface area contributed by atoms with Crippen molar-refractivity contribution in [3.63, 3.8) is 0 Å². The number of aryl methyl sites for hydroxylation is 1. The summed E-state index contributed by atoms with van der Waals surface area (Å²) in [6.45, 7) is 11.6. The van der Waals surface area contributed by atoms with Gasteiger partial charge in [-0.3, -0.25) is 0 Å². The lowest BCUT2D eigenvalue weighted by Gasteiger charge is -2.21. The largest absolute Gasteiger partial charge is 0.508 e. The van der Waals surface area contributed by atoms with E-state index in [4.69, 9.17) is 33.9 Å². The maximum absolute atomic E-state index is 9.87. The van der Waals surface area contributed by atoms with Crippen molar-refractivity contribution in [2.75, 3.05) is 17.7 Å². The van der Waals surface area contributed by atoms with Crippen LogP contribution in [0, 0.1) is 6.92 Å². The van der Waals surface area contributed by atoms with Crippen LogP contribution in [-0.2, 0) is 6.42 Å². The summed E-state index contributed by atoms with van der Waals surface area (Å²) in [7, 11) is 1.92. The number of hydrogen-bond donors (Lipinski definition) is 2. The Kier molecular flexibility index (Phi) is 6.46. The number of hydrogen-bond acceptors (Lipinski definition) is 5. The molecule has 0 fully saturated rings. The number of allylic oxidation sites excluding steroid dienone is 1. The van der Waals surface area contributed by atoms with E-state index in [1.807, 2.05) is 31.0 Å². The van der Waals surface area contributed by atoms with Crippen LogP contribution in [0.25, 0.3) is 16.8 Å². The SMILES string of the molecule is C=C(O)C(=C)c1cc(N)ccc1N(C)c1nc(-c2ccc(Cl)c(Cl)c2C)c(CC)s1. The molecule has 0 aliphatic carbocycles. The van der Waals surface area contributed by atoms with Crippen LogP contribution in [-0.4, -0.2) is 17.1 Å². The summed E-state index contributed by atoms with van der Waals surface area (Å²) in [5.41, 5.74) is 11.2. The molecule has 30 heavy (non-hydrogen) atoms. The van der Waals surface area contributed by atoms with E-state index in [0.29, 0.717) is 26.9 Å². The van der Waals surface area contributed by atoms with Gasteiger partial charge in [-0.15, -0.1) is 11.3 Å². The van der Waals surface area contributed by atoms with Gasteiger partial charge >= 0.3 is 0 Å². The van der Waals surface area contributed by atoms with Gasteiger partial charge < -0.3 is 15.7 Å². The van der Waals surface area contributed by atoms with Crippen molar-refractivity contribution in [1.82, 2.24) is 4.98 Å². The molecule has 0 bridgehead atoms. The number of aliphatic hydroxyl groups excluding tert-OH is 1. The van der Waals surface area contributed by atoms with Crippen molar-refractivity contribution in [3.8, 4) is 11.3 Å². The first-order valence-corrected chi connectivity index (χ1v) is 10.9. The lowest BCUT2D eigenvalue weighted by Crippen LogP contribution is -2.12. The van der Waals surface area contributed by atoms with E-state index in [9.17, 15) is 5.11 Å². The fraction of sp³-hybridized carbons (Fsp3) is 0.174. The van der Waals surface area contributed by atoms with E-state index in [1.165, 1.54) is 0 Å². The number of nitrogen functional groups attached to an aromatic ring is 1. The second-order valence-electron chi connectivity index (χ2n) is 6.92. The van der Waals surface area contributed by atoms with E-state index in [2.05, 4.69) is 20.1 Å². The number of aromatic nitrogens is 1. The maximum Gasteiger partial charge on any atom is 0.190 e. The fourth-order valence-electron chi connectivity index (χ4n) is 3.19. The second kappa shape index (κ2) is 8.72. The minimum Gasteiger partial charge on any atom is -0.508 e. The second-order valence-corrected chi connectivity index (χ2v) is 8.76. The molecule has 2 aromatic carbocycles. The van der Waals surface area contributed by atoms with Gasteiger partial charge in [-0.05, 0) is 43.2 Å². The van der Waals surface area contributed by atoms with E-state index >= 15 is 0 Å². The maximum atomic E-state index is 9.87. The van der Waals surface area contributed by atoms with Gasteiger partial charge in [0.05, 0.1) is 21.4 Å². The zero-order chi connectivity index (χ0) is 22.2. The Morgan fingerprint density at radius 1 is 1.23 bits per heavy atom. The highest BCUT2D eigenvalue weighted by atomic mass is 35.5. The topological polar surface area (TPSA) is 62.4 Å². The van der Waals surface area contributed by atoms with Crippen molar-refractivity contribution in [2.45, 2.75) is 20.3 Å². The van der Waals surface area contributed by atoms with E-state index < -0.39 is 0 Å². The normalized spacial score (nSPS) is 10.8. The Morgan fingerprint density at radius 3 is 2.57 bits per heavy atom. The number of aliphatic hydroxyl groups is 1. The third kappa shape index (κ3) is 4.06. The number of halogens is 2. The Labute approximate surface area is 190 Å². The number of rotatable bonds is 6. The summed E-state index contributed by atoms with van der Waals surface area (Å²) in [5.74, 6) is -0.101. The lowest BCUT2D eigenvalue weighted by atomic mass is 10.0. The third-order valence-electron chi connectivity index (χ3n) is 4.94. The van der Waals surface area contributed by atoms with Crippen LogP contribution in [0.5, 0.6) is 0 Å². The zero-order valence-electron chi connectivity index (χ0n) is 17.1. The molecule has 0 saturated carbocycles. The highest BCUT2D eigenvalue weighted by Crippen LogP contribution is 2.41. The smallest absolute Gasteiger partial charge is 0.190 e. The van der Waals surface area contributed by atoms with Crippen LogP contribution in [0.15, 0.2) is 49.2 Å². The van der Waals surface area contributed by atoms with Crippen LogP contribution in [0.2, 0.25) is 10.0 Å².